The number of nitrogens with zero attached hydrogens (tertiary/aromatic N) is 3. The van der Waals surface area contributed by atoms with Gasteiger partial charge in [0.1, 0.15) is 5.15 Å². The van der Waals surface area contributed by atoms with E-state index < -0.39 is 6.04 Å². The van der Waals surface area contributed by atoms with E-state index in [0.717, 1.165) is 38.5 Å². The number of H-pyrrole nitrogens is 1. The standard InChI is InChI=1S/C30H23ClN4O2/c1-17-9-8-12-20-15-22(29(31)33-28(17)20)25-16-24(34-35(25)18(2)36)27-26(19-10-4-3-5-11-19)21-13-6-7-14-23(21)32-30(27)37/h3-15,25H,16H2,1-2H3,(H,32,37)/t25-/m0/s1. The van der Waals surface area contributed by atoms with Crippen LogP contribution in [0.1, 0.15) is 36.1 Å². The molecule has 0 unspecified atom stereocenters. The Morgan fingerprint density at radius 2 is 1.76 bits per heavy atom. The van der Waals surface area contributed by atoms with Gasteiger partial charge in [-0.25, -0.2) is 9.99 Å². The lowest BCUT2D eigenvalue weighted by Crippen LogP contribution is -2.24. The maximum atomic E-state index is 13.5. The van der Waals surface area contributed by atoms with Crippen molar-refractivity contribution in [1.29, 1.82) is 0 Å². The van der Waals surface area contributed by atoms with Crippen LogP contribution in [0, 0.1) is 6.92 Å². The van der Waals surface area contributed by atoms with Crippen molar-refractivity contribution >= 4 is 45.0 Å². The summed E-state index contributed by atoms with van der Waals surface area (Å²) in [5.74, 6) is -0.237. The smallest absolute Gasteiger partial charge is 0.258 e. The fourth-order valence-corrected chi connectivity index (χ4v) is 5.46. The van der Waals surface area contributed by atoms with Crippen molar-refractivity contribution in [2.75, 3.05) is 0 Å². The van der Waals surface area contributed by atoms with Crippen LogP contribution in [0.5, 0.6) is 0 Å². The first-order valence-electron chi connectivity index (χ1n) is 12.1. The van der Waals surface area contributed by atoms with Gasteiger partial charge in [-0.3, -0.25) is 9.59 Å². The monoisotopic (exact) mass is 506 g/mol. The van der Waals surface area contributed by atoms with E-state index in [4.69, 9.17) is 16.7 Å². The SMILES string of the molecule is CC(=O)N1N=C(c2c(-c3ccccc3)c3ccccc3[nH]c2=O)C[C@H]1c1cc2cccc(C)c2nc1Cl. The van der Waals surface area contributed by atoms with Gasteiger partial charge in [-0.1, -0.05) is 78.3 Å². The molecule has 5 aromatic rings. The van der Waals surface area contributed by atoms with Crippen molar-refractivity contribution in [3.05, 3.63) is 111 Å². The summed E-state index contributed by atoms with van der Waals surface area (Å²) >= 11 is 6.69. The average Bonchev–Trinajstić information content (AvgIpc) is 3.34. The summed E-state index contributed by atoms with van der Waals surface area (Å²) in [6.45, 7) is 3.45. The van der Waals surface area contributed by atoms with E-state index in [1.54, 1.807) is 0 Å². The van der Waals surface area contributed by atoms with E-state index in [-0.39, 0.29) is 11.5 Å². The van der Waals surface area contributed by atoms with E-state index in [9.17, 15) is 9.59 Å². The molecular formula is C30H23ClN4O2. The molecule has 1 aliphatic heterocycles. The van der Waals surface area contributed by atoms with E-state index >= 15 is 0 Å². The first-order valence-corrected chi connectivity index (χ1v) is 12.4. The van der Waals surface area contributed by atoms with Crippen LogP contribution in [0.25, 0.3) is 32.9 Å². The third-order valence-electron chi connectivity index (χ3n) is 6.89. The van der Waals surface area contributed by atoms with Gasteiger partial charge in [0.25, 0.3) is 5.56 Å². The van der Waals surface area contributed by atoms with Crippen molar-refractivity contribution in [2.24, 2.45) is 5.10 Å². The van der Waals surface area contributed by atoms with Crippen LogP contribution in [-0.2, 0) is 4.79 Å². The summed E-state index contributed by atoms with van der Waals surface area (Å²) in [7, 11) is 0. The highest BCUT2D eigenvalue weighted by Gasteiger charge is 2.35. The van der Waals surface area contributed by atoms with Crippen LogP contribution < -0.4 is 5.56 Å². The third-order valence-corrected chi connectivity index (χ3v) is 7.20. The van der Waals surface area contributed by atoms with Crippen molar-refractivity contribution < 1.29 is 4.79 Å². The number of fused-ring (bicyclic) bond motifs is 2. The van der Waals surface area contributed by atoms with Crippen molar-refractivity contribution in [2.45, 2.75) is 26.3 Å². The summed E-state index contributed by atoms with van der Waals surface area (Å²) in [5, 5.41) is 8.29. The Morgan fingerprint density at radius 3 is 2.54 bits per heavy atom. The number of carbonyl (C=O) groups excluding carboxylic acids is 1. The zero-order valence-electron chi connectivity index (χ0n) is 20.3. The number of carbonyl (C=O) groups is 1. The molecule has 1 atom stereocenters. The quantitative estimate of drug-likeness (QED) is 0.287. The summed E-state index contributed by atoms with van der Waals surface area (Å²) < 4.78 is 0. The number of amides is 1. The molecular weight excluding hydrogens is 484 g/mol. The van der Waals surface area contributed by atoms with Crippen molar-refractivity contribution in [3.8, 4) is 11.1 Å². The number of nitrogens with one attached hydrogen (secondary N) is 1. The lowest BCUT2D eigenvalue weighted by molar-refractivity contribution is -0.130. The Balaban J connectivity index is 1.55. The second-order valence-corrected chi connectivity index (χ2v) is 9.62. The molecule has 182 valence electrons. The van der Waals surface area contributed by atoms with Gasteiger partial charge in [-0.2, -0.15) is 5.10 Å². The minimum atomic E-state index is -0.480. The number of hydrazone groups is 1. The maximum absolute atomic E-state index is 13.5. The first kappa shape index (κ1) is 23.1. The summed E-state index contributed by atoms with van der Waals surface area (Å²) in [6.07, 6.45) is 0.333. The van der Waals surface area contributed by atoms with Gasteiger partial charge in [0.05, 0.1) is 22.8 Å². The van der Waals surface area contributed by atoms with Gasteiger partial charge in [0.2, 0.25) is 5.91 Å². The number of aromatic nitrogens is 2. The molecule has 6 rings (SSSR count). The molecule has 1 amide bonds. The number of pyridine rings is 2. The number of rotatable bonds is 3. The summed E-state index contributed by atoms with van der Waals surface area (Å²) in [6, 6.07) is 24.9. The molecule has 0 bridgehead atoms. The van der Waals surface area contributed by atoms with Gasteiger partial charge < -0.3 is 4.98 Å². The third kappa shape index (κ3) is 3.90. The van der Waals surface area contributed by atoms with Gasteiger partial charge in [-0.05, 0) is 30.2 Å². The molecule has 6 nitrogen and oxygen atoms in total. The van der Waals surface area contributed by atoms with Gasteiger partial charge in [-0.15, -0.1) is 0 Å². The summed E-state index contributed by atoms with van der Waals surface area (Å²) in [4.78, 5) is 33.9. The molecule has 0 aliphatic carbocycles. The molecule has 0 saturated heterocycles. The zero-order chi connectivity index (χ0) is 25.7. The van der Waals surface area contributed by atoms with E-state index in [0.29, 0.717) is 28.4 Å². The molecule has 0 saturated carbocycles. The number of halogens is 1. The molecule has 7 heteroatoms. The predicted molar refractivity (Wildman–Crippen MR) is 148 cm³/mol. The van der Waals surface area contributed by atoms with Crippen molar-refractivity contribution in [1.82, 2.24) is 15.0 Å². The molecule has 37 heavy (non-hydrogen) atoms. The number of hydrogen-bond acceptors (Lipinski definition) is 4. The van der Waals surface area contributed by atoms with Crippen LogP contribution >= 0.6 is 11.6 Å². The summed E-state index contributed by atoms with van der Waals surface area (Å²) in [5.41, 5.74) is 5.72. The number of para-hydroxylation sites is 2. The van der Waals surface area contributed by atoms with Crippen LogP contribution in [0.2, 0.25) is 5.15 Å². The molecule has 3 aromatic carbocycles. The minimum Gasteiger partial charge on any atom is -0.321 e. The fourth-order valence-electron chi connectivity index (χ4n) is 5.19. The number of hydrogen-bond donors (Lipinski definition) is 1. The van der Waals surface area contributed by atoms with Crippen LogP contribution in [0.3, 0.4) is 0 Å². The highest BCUT2D eigenvalue weighted by atomic mass is 35.5. The van der Waals surface area contributed by atoms with E-state index in [1.807, 2.05) is 85.8 Å². The largest absolute Gasteiger partial charge is 0.321 e. The average molecular weight is 507 g/mol. The van der Waals surface area contributed by atoms with Gasteiger partial charge in [0.15, 0.2) is 0 Å². The topological polar surface area (TPSA) is 78.4 Å². The number of benzene rings is 3. The molecule has 0 radical (unpaired) electrons. The molecule has 2 aromatic heterocycles. The van der Waals surface area contributed by atoms with Crippen LogP contribution in [0.4, 0.5) is 0 Å². The number of aromatic amines is 1. The normalized spacial score (nSPS) is 15.4. The van der Waals surface area contributed by atoms with Crippen LogP contribution in [-0.4, -0.2) is 26.6 Å². The van der Waals surface area contributed by atoms with Crippen LogP contribution in [0.15, 0.2) is 88.8 Å². The minimum absolute atomic E-state index is 0.237. The zero-order valence-corrected chi connectivity index (χ0v) is 21.1. The number of aryl methyl sites for hydroxylation is 1. The Hall–Kier alpha value is -4.29. The van der Waals surface area contributed by atoms with Gasteiger partial charge >= 0.3 is 0 Å². The van der Waals surface area contributed by atoms with E-state index in [2.05, 4.69) is 9.97 Å². The molecule has 3 heterocycles. The Bertz CT molecular complexity index is 1790. The molecule has 1 N–H and O–H groups in total. The Labute approximate surface area is 218 Å². The second-order valence-electron chi connectivity index (χ2n) is 9.26. The first-order chi connectivity index (χ1) is 17.9. The highest BCUT2D eigenvalue weighted by Crippen LogP contribution is 2.39. The lowest BCUT2D eigenvalue weighted by atomic mass is 9.91. The highest BCUT2D eigenvalue weighted by molar-refractivity contribution is 6.30. The molecule has 1 aliphatic rings. The second kappa shape index (κ2) is 8.98. The Morgan fingerprint density at radius 1 is 1.00 bits per heavy atom. The predicted octanol–water partition coefficient (Wildman–Crippen LogP) is 6.40. The fraction of sp³-hybridized carbons (Fsp3) is 0.133. The van der Waals surface area contributed by atoms with Gasteiger partial charge in [0, 0.05) is 40.8 Å². The maximum Gasteiger partial charge on any atom is 0.258 e. The molecule has 0 fully saturated rings. The molecule has 0 spiro atoms. The lowest BCUT2D eigenvalue weighted by Gasteiger charge is -2.21. The van der Waals surface area contributed by atoms with Crippen molar-refractivity contribution in [3.63, 3.8) is 0 Å². The van der Waals surface area contributed by atoms with E-state index in [1.165, 1.54) is 11.9 Å². The Kier molecular flexibility index (Phi) is 5.61.